The summed E-state index contributed by atoms with van der Waals surface area (Å²) in [6.07, 6.45) is 6.01. The van der Waals surface area contributed by atoms with E-state index in [1.54, 1.807) is 0 Å². The van der Waals surface area contributed by atoms with Crippen LogP contribution in [-0.4, -0.2) is 5.66 Å². The molecule has 12 heavy (non-hydrogen) atoms. The van der Waals surface area contributed by atoms with Crippen molar-refractivity contribution >= 4 is 8.46 Å². The molecule has 2 unspecified atom stereocenters. The van der Waals surface area contributed by atoms with Crippen LogP contribution in [-0.2, 0) is 4.57 Å². The lowest BCUT2D eigenvalue weighted by Gasteiger charge is -2.18. The van der Waals surface area contributed by atoms with Gasteiger partial charge in [0.15, 0.2) is 8.46 Å². The SMILES string of the molecule is CCCCC(CC)C(CC)P=O. The molecule has 0 aliphatic carbocycles. The summed E-state index contributed by atoms with van der Waals surface area (Å²) >= 11 is 0. The molecular weight excluding hydrogens is 167 g/mol. The molecule has 0 spiro atoms. The predicted molar refractivity (Wildman–Crippen MR) is 55.0 cm³/mol. The van der Waals surface area contributed by atoms with Crippen LogP contribution in [0.5, 0.6) is 0 Å². The molecule has 0 rings (SSSR count). The van der Waals surface area contributed by atoms with Crippen molar-refractivity contribution in [2.45, 2.75) is 58.5 Å². The molecule has 0 bridgehead atoms. The molecule has 0 saturated heterocycles. The second-order valence-corrected chi connectivity index (χ2v) is 4.27. The van der Waals surface area contributed by atoms with Crippen molar-refractivity contribution < 1.29 is 4.57 Å². The Labute approximate surface area is 78.1 Å². The summed E-state index contributed by atoms with van der Waals surface area (Å²) < 4.78 is 10.8. The first-order valence-corrected chi connectivity index (χ1v) is 6.00. The van der Waals surface area contributed by atoms with Crippen LogP contribution in [0.15, 0.2) is 0 Å². The van der Waals surface area contributed by atoms with E-state index in [4.69, 9.17) is 0 Å². The Morgan fingerprint density at radius 2 is 1.83 bits per heavy atom. The van der Waals surface area contributed by atoms with Gasteiger partial charge < -0.3 is 0 Å². The summed E-state index contributed by atoms with van der Waals surface area (Å²) in [4.78, 5) is 0. The average molecular weight is 188 g/mol. The van der Waals surface area contributed by atoms with Crippen LogP contribution in [0.4, 0.5) is 0 Å². The maximum Gasteiger partial charge on any atom is 0.158 e. The summed E-state index contributed by atoms with van der Waals surface area (Å²) in [6, 6.07) is 0. The van der Waals surface area contributed by atoms with E-state index in [2.05, 4.69) is 20.8 Å². The minimum atomic E-state index is 0.350. The van der Waals surface area contributed by atoms with Gasteiger partial charge in [0.2, 0.25) is 0 Å². The molecule has 0 heterocycles. The van der Waals surface area contributed by atoms with E-state index in [1.807, 2.05) is 0 Å². The van der Waals surface area contributed by atoms with E-state index in [0.717, 1.165) is 6.42 Å². The molecule has 1 nitrogen and oxygen atoms in total. The van der Waals surface area contributed by atoms with E-state index in [9.17, 15) is 4.57 Å². The zero-order chi connectivity index (χ0) is 9.40. The molecule has 0 aliphatic rings. The van der Waals surface area contributed by atoms with E-state index in [0.29, 0.717) is 20.0 Å². The minimum Gasteiger partial charge on any atom is -0.275 e. The largest absolute Gasteiger partial charge is 0.275 e. The number of hydrogen-bond acceptors (Lipinski definition) is 1. The Morgan fingerprint density at radius 1 is 1.17 bits per heavy atom. The molecule has 72 valence electrons. The van der Waals surface area contributed by atoms with Gasteiger partial charge in [-0.05, 0) is 18.8 Å². The summed E-state index contributed by atoms with van der Waals surface area (Å²) in [7, 11) is 0.350. The van der Waals surface area contributed by atoms with Gasteiger partial charge in [0.25, 0.3) is 0 Å². The first-order chi connectivity index (χ1) is 5.79. The standard InChI is InChI=1S/C10H21OP/c1-4-7-8-9(5-2)10(6-3)12-11/h9-10H,4-8H2,1-3H3. The normalized spacial score (nSPS) is 16.2. The van der Waals surface area contributed by atoms with E-state index in [-0.39, 0.29) is 0 Å². The van der Waals surface area contributed by atoms with Gasteiger partial charge in [0.1, 0.15) is 0 Å². The highest BCUT2D eigenvalue weighted by molar-refractivity contribution is 7.24. The van der Waals surface area contributed by atoms with E-state index < -0.39 is 0 Å². The van der Waals surface area contributed by atoms with Crippen LogP contribution in [0.3, 0.4) is 0 Å². The fourth-order valence-electron chi connectivity index (χ4n) is 1.63. The highest BCUT2D eigenvalue weighted by Gasteiger charge is 2.17. The van der Waals surface area contributed by atoms with Crippen molar-refractivity contribution in [2.24, 2.45) is 5.92 Å². The molecule has 0 radical (unpaired) electrons. The second kappa shape index (κ2) is 7.73. The maximum atomic E-state index is 10.8. The molecular formula is C10H21OP. The average Bonchev–Trinajstić information content (AvgIpc) is 2.12. The second-order valence-electron chi connectivity index (χ2n) is 3.39. The molecule has 2 atom stereocenters. The van der Waals surface area contributed by atoms with Gasteiger partial charge in [-0.2, -0.15) is 0 Å². The molecule has 0 amide bonds. The Kier molecular flexibility index (Phi) is 7.80. The van der Waals surface area contributed by atoms with E-state index in [1.165, 1.54) is 25.7 Å². The van der Waals surface area contributed by atoms with Crippen LogP contribution in [0.25, 0.3) is 0 Å². The highest BCUT2D eigenvalue weighted by atomic mass is 31.1. The van der Waals surface area contributed by atoms with Crippen molar-refractivity contribution in [3.05, 3.63) is 0 Å². The van der Waals surface area contributed by atoms with Gasteiger partial charge in [-0.15, -0.1) is 0 Å². The third-order valence-electron chi connectivity index (χ3n) is 2.55. The van der Waals surface area contributed by atoms with Crippen molar-refractivity contribution in [2.75, 3.05) is 0 Å². The minimum absolute atomic E-state index is 0.350. The smallest absolute Gasteiger partial charge is 0.158 e. The lowest BCUT2D eigenvalue weighted by atomic mass is 9.94. The molecule has 0 aromatic heterocycles. The van der Waals surface area contributed by atoms with Crippen LogP contribution in [0.2, 0.25) is 0 Å². The van der Waals surface area contributed by atoms with Gasteiger partial charge in [-0.1, -0.05) is 40.0 Å². The van der Waals surface area contributed by atoms with Gasteiger partial charge in [0.05, 0.1) is 0 Å². The Balaban J connectivity index is 3.83. The fourth-order valence-corrected chi connectivity index (χ4v) is 2.31. The van der Waals surface area contributed by atoms with E-state index >= 15 is 0 Å². The quantitative estimate of drug-likeness (QED) is 0.545. The number of hydrogen-bond donors (Lipinski definition) is 0. The first-order valence-electron chi connectivity index (χ1n) is 5.12. The Morgan fingerprint density at radius 3 is 2.17 bits per heavy atom. The van der Waals surface area contributed by atoms with Gasteiger partial charge >= 0.3 is 0 Å². The molecule has 0 N–H and O–H groups in total. The lowest BCUT2D eigenvalue weighted by Crippen LogP contribution is -2.13. The molecule has 0 aromatic rings. The zero-order valence-corrected chi connectivity index (χ0v) is 9.44. The van der Waals surface area contributed by atoms with Crippen molar-refractivity contribution in [1.29, 1.82) is 0 Å². The summed E-state index contributed by atoms with van der Waals surface area (Å²) in [5.41, 5.74) is 0.404. The summed E-state index contributed by atoms with van der Waals surface area (Å²) in [5.74, 6) is 0.675. The van der Waals surface area contributed by atoms with Gasteiger partial charge in [-0.3, -0.25) is 4.57 Å². The zero-order valence-electron chi connectivity index (χ0n) is 8.55. The maximum absolute atomic E-state index is 10.8. The van der Waals surface area contributed by atoms with Crippen LogP contribution in [0.1, 0.15) is 52.9 Å². The van der Waals surface area contributed by atoms with Crippen LogP contribution >= 0.6 is 8.46 Å². The molecule has 0 fully saturated rings. The number of unbranched alkanes of at least 4 members (excludes halogenated alkanes) is 1. The molecule has 0 saturated carbocycles. The number of rotatable bonds is 7. The highest BCUT2D eigenvalue weighted by Crippen LogP contribution is 2.27. The summed E-state index contributed by atoms with van der Waals surface area (Å²) in [6.45, 7) is 6.54. The van der Waals surface area contributed by atoms with Crippen molar-refractivity contribution in [3.8, 4) is 0 Å². The van der Waals surface area contributed by atoms with Crippen molar-refractivity contribution in [3.63, 3.8) is 0 Å². The third-order valence-corrected chi connectivity index (χ3v) is 3.61. The molecule has 2 heteroatoms. The monoisotopic (exact) mass is 188 g/mol. The fraction of sp³-hybridized carbons (Fsp3) is 1.00. The topological polar surface area (TPSA) is 17.1 Å². The first kappa shape index (κ1) is 12.1. The van der Waals surface area contributed by atoms with Crippen molar-refractivity contribution in [1.82, 2.24) is 0 Å². The lowest BCUT2D eigenvalue weighted by molar-refractivity contribution is 0.419. The van der Waals surface area contributed by atoms with Gasteiger partial charge in [-0.25, -0.2) is 0 Å². The molecule has 0 aliphatic heterocycles. The molecule has 0 aromatic carbocycles. The Bertz CT molecular complexity index is 114. The van der Waals surface area contributed by atoms with Crippen LogP contribution in [0, 0.1) is 5.92 Å². The predicted octanol–water partition coefficient (Wildman–Crippen LogP) is 4.27. The Hall–Kier alpha value is 0.100. The van der Waals surface area contributed by atoms with Gasteiger partial charge in [0, 0.05) is 5.66 Å². The summed E-state index contributed by atoms with van der Waals surface area (Å²) in [5, 5.41) is 0. The van der Waals surface area contributed by atoms with Crippen LogP contribution < -0.4 is 0 Å². The third kappa shape index (κ3) is 4.21.